The Hall–Kier alpha value is -1.44. The predicted octanol–water partition coefficient (Wildman–Crippen LogP) is 1.62. The molecule has 1 aliphatic heterocycles. The van der Waals surface area contributed by atoms with Crippen molar-refractivity contribution in [3.63, 3.8) is 0 Å². The molecule has 2 N–H and O–H groups in total. The first kappa shape index (κ1) is 12.0. The van der Waals surface area contributed by atoms with Crippen LogP contribution in [0, 0.1) is 17.1 Å². The molecule has 3 nitrogen and oxygen atoms in total. The van der Waals surface area contributed by atoms with Gasteiger partial charge >= 0.3 is 0 Å². The number of halogens is 1. The summed E-state index contributed by atoms with van der Waals surface area (Å²) < 4.78 is 13.9. The highest BCUT2D eigenvalue weighted by atomic mass is 19.1. The van der Waals surface area contributed by atoms with Gasteiger partial charge in [0, 0.05) is 24.7 Å². The van der Waals surface area contributed by atoms with Gasteiger partial charge in [0.05, 0.1) is 5.56 Å². The average Bonchev–Trinajstić information content (AvgIpc) is 2.79. The van der Waals surface area contributed by atoms with Crippen molar-refractivity contribution in [3.8, 4) is 6.07 Å². The van der Waals surface area contributed by atoms with E-state index >= 15 is 0 Å². The van der Waals surface area contributed by atoms with Crippen molar-refractivity contribution in [3.05, 3.63) is 35.1 Å². The predicted molar refractivity (Wildman–Crippen MR) is 63.6 cm³/mol. The lowest BCUT2D eigenvalue weighted by Gasteiger charge is -2.23. The van der Waals surface area contributed by atoms with Crippen LogP contribution < -0.4 is 5.73 Å². The molecule has 1 aromatic rings. The van der Waals surface area contributed by atoms with Crippen LogP contribution in [0.2, 0.25) is 0 Å². The number of likely N-dealkylation sites (tertiary alicyclic amines) is 1. The largest absolute Gasteiger partial charge is 0.329 e. The van der Waals surface area contributed by atoms with Crippen LogP contribution in [0.25, 0.3) is 0 Å². The summed E-state index contributed by atoms with van der Waals surface area (Å²) in [5, 5.41) is 8.78. The Balaban J connectivity index is 2.16. The smallest absolute Gasteiger partial charge is 0.145 e. The highest BCUT2D eigenvalue weighted by Gasteiger charge is 2.24. The Bertz CT molecular complexity index is 439. The number of nitrogens with zero attached hydrogens (tertiary/aromatic N) is 2. The topological polar surface area (TPSA) is 53.0 Å². The first-order valence-electron chi connectivity index (χ1n) is 5.88. The fourth-order valence-corrected chi connectivity index (χ4v) is 2.38. The molecule has 2 rings (SSSR count). The molecule has 0 saturated carbocycles. The number of hydrogen-bond donors (Lipinski definition) is 1. The Morgan fingerprint density at radius 1 is 1.53 bits per heavy atom. The molecular weight excluding hydrogens is 217 g/mol. The van der Waals surface area contributed by atoms with Gasteiger partial charge in [0.25, 0.3) is 0 Å². The van der Waals surface area contributed by atoms with E-state index in [2.05, 4.69) is 4.90 Å². The van der Waals surface area contributed by atoms with E-state index in [1.807, 2.05) is 6.07 Å². The maximum Gasteiger partial charge on any atom is 0.145 e. The summed E-state index contributed by atoms with van der Waals surface area (Å²) >= 11 is 0. The third-order valence-corrected chi connectivity index (χ3v) is 3.34. The van der Waals surface area contributed by atoms with Crippen LogP contribution in [-0.4, -0.2) is 24.0 Å². The molecule has 1 fully saturated rings. The van der Waals surface area contributed by atoms with E-state index in [0.717, 1.165) is 19.4 Å². The van der Waals surface area contributed by atoms with E-state index < -0.39 is 5.82 Å². The van der Waals surface area contributed by atoms with Crippen LogP contribution in [-0.2, 0) is 6.54 Å². The third kappa shape index (κ3) is 2.46. The second-order valence-electron chi connectivity index (χ2n) is 4.39. The van der Waals surface area contributed by atoms with Crippen molar-refractivity contribution >= 4 is 0 Å². The highest BCUT2D eigenvalue weighted by molar-refractivity contribution is 5.34. The normalized spacial score (nSPS) is 20.4. The minimum Gasteiger partial charge on any atom is -0.329 e. The molecule has 0 radical (unpaired) electrons. The third-order valence-electron chi connectivity index (χ3n) is 3.34. The van der Waals surface area contributed by atoms with Crippen molar-refractivity contribution in [2.45, 2.75) is 25.4 Å². The Labute approximate surface area is 101 Å². The maximum absolute atomic E-state index is 13.9. The Morgan fingerprint density at radius 3 is 3.06 bits per heavy atom. The monoisotopic (exact) mass is 233 g/mol. The molecule has 17 heavy (non-hydrogen) atoms. The fourth-order valence-electron chi connectivity index (χ4n) is 2.38. The van der Waals surface area contributed by atoms with Gasteiger partial charge in [0.2, 0.25) is 0 Å². The van der Waals surface area contributed by atoms with Crippen molar-refractivity contribution < 1.29 is 4.39 Å². The number of rotatable bonds is 3. The van der Waals surface area contributed by atoms with Gasteiger partial charge in [-0.2, -0.15) is 5.26 Å². The number of hydrogen-bond acceptors (Lipinski definition) is 3. The molecule has 1 unspecified atom stereocenters. The molecule has 90 valence electrons. The van der Waals surface area contributed by atoms with Crippen molar-refractivity contribution in [1.29, 1.82) is 5.26 Å². The van der Waals surface area contributed by atoms with Crippen LogP contribution in [0.4, 0.5) is 4.39 Å². The van der Waals surface area contributed by atoms with Crippen molar-refractivity contribution in [1.82, 2.24) is 4.90 Å². The lowest BCUT2D eigenvalue weighted by Crippen LogP contribution is -2.35. The average molecular weight is 233 g/mol. The molecule has 0 aliphatic carbocycles. The van der Waals surface area contributed by atoms with E-state index in [4.69, 9.17) is 11.0 Å². The molecular formula is C13H16FN3. The first-order chi connectivity index (χ1) is 8.26. The molecule has 1 saturated heterocycles. The zero-order valence-corrected chi connectivity index (χ0v) is 9.69. The van der Waals surface area contributed by atoms with Gasteiger partial charge in [-0.1, -0.05) is 12.1 Å². The van der Waals surface area contributed by atoms with Gasteiger partial charge in [-0.25, -0.2) is 4.39 Å². The van der Waals surface area contributed by atoms with E-state index in [-0.39, 0.29) is 5.56 Å². The lowest BCUT2D eigenvalue weighted by atomic mass is 10.1. The Kier molecular flexibility index (Phi) is 3.72. The quantitative estimate of drug-likeness (QED) is 0.863. The minimum absolute atomic E-state index is 0.117. The molecule has 0 aromatic heterocycles. The van der Waals surface area contributed by atoms with Crippen LogP contribution in [0.3, 0.4) is 0 Å². The van der Waals surface area contributed by atoms with Gasteiger partial charge in [0.1, 0.15) is 11.9 Å². The first-order valence-corrected chi connectivity index (χ1v) is 5.88. The van der Waals surface area contributed by atoms with Crippen LogP contribution in [0.1, 0.15) is 24.0 Å². The summed E-state index contributed by atoms with van der Waals surface area (Å²) in [5.74, 6) is -0.391. The fraction of sp³-hybridized carbons (Fsp3) is 0.462. The molecule has 0 bridgehead atoms. The van der Waals surface area contributed by atoms with Crippen LogP contribution in [0.5, 0.6) is 0 Å². The molecule has 4 heteroatoms. The zero-order valence-electron chi connectivity index (χ0n) is 9.69. The Morgan fingerprint density at radius 2 is 2.35 bits per heavy atom. The second kappa shape index (κ2) is 5.26. The summed E-state index contributed by atoms with van der Waals surface area (Å²) in [6, 6.07) is 7.18. The van der Waals surface area contributed by atoms with Crippen molar-refractivity contribution in [2.75, 3.05) is 13.1 Å². The summed E-state index contributed by atoms with van der Waals surface area (Å²) in [6.07, 6.45) is 2.19. The summed E-state index contributed by atoms with van der Waals surface area (Å²) in [7, 11) is 0. The van der Waals surface area contributed by atoms with Gasteiger partial charge in [0.15, 0.2) is 0 Å². The van der Waals surface area contributed by atoms with E-state index in [1.54, 1.807) is 12.1 Å². The van der Waals surface area contributed by atoms with Crippen LogP contribution in [0.15, 0.2) is 18.2 Å². The van der Waals surface area contributed by atoms with Gasteiger partial charge in [-0.15, -0.1) is 0 Å². The number of nitrogens with two attached hydrogens (primary N) is 1. The van der Waals surface area contributed by atoms with Crippen molar-refractivity contribution in [2.24, 2.45) is 5.73 Å². The van der Waals surface area contributed by atoms with Gasteiger partial charge in [-0.3, -0.25) is 4.90 Å². The lowest BCUT2D eigenvalue weighted by molar-refractivity contribution is 0.247. The molecule has 1 atom stereocenters. The maximum atomic E-state index is 13.9. The molecule has 1 heterocycles. The standard InChI is InChI=1S/C13H16FN3/c14-13-10(7-15)3-1-4-11(13)9-17-6-2-5-12(17)8-16/h1,3-4,12H,2,5-6,8-9,16H2. The molecule has 1 aromatic carbocycles. The summed E-state index contributed by atoms with van der Waals surface area (Å²) in [4.78, 5) is 2.19. The second-order valence-corrected chi connectivity index (χ2v) is 4.39. The molecule has 0 amide bonds. The molecule has 1 aliphatic rings. The van der Waals surface area contributed by atoms with Gasteiger partial charge in [-0.05, 0) is 25.5 Å². The summed E-state index contributed by atoms with van der Waals surface area (Å²) in [6.45, 7) is 2.11. The van der Waals surface area contributed by atoms with E-state index in [1.165, 1.54) is 6.07 Å². The highest BCUT2D eigenvalue weighted by Crippen LogP contribution is 2.21. The minimum atomic E-state index is -0.391. The summed E-state index contributed by atoms with van der Waals surface area (Å²) in [5.41, 5.74) is 6.39. The molecule has 0 spiro atoms. The van der Waals surface area contributed by atoms with E-state index in [9.17, 15) is 4.39 Å². The number of nitriles is 1. The van der Waals surface area contributed by atoms with Gasteiger partial charge < -0.3 is 5.73 Å². The number of benzene rings is 1. The SMILES string of the molecule is N#Cc1cccc(CN2CCCC2CN)c1F. The van der Waals surface area contributed by atoms with E-state index in [0.29, 0.717) is 24.7 Å². The zero-order chi connectivity index (χ0) is 12.3. The van der Waals surface area contributed by atoms with Crippen LogP contribution >= 0.6 is 0 Å².